The number of nitrogens with one attached hydrogen (secondary N) is 2. The van der Waals surface area contributed by atoms with Gasteiger partial charge in [0.05, 0.1) is 0 Å². The Morgan fingerprint density at radius 3 is 2.78 bits per heavy atom. The van der Waals surface area contributed by atoms with E-state index >= 15 is 0 Å². The van der Waals surface area contributed by atoms with Crippen molar-refractivity contribution in [1.82, 2.24) is 10.9 Å². The van der Waals surface area contributed by atoms with E-state index in [0.717, 1.165) is 6.54 Å². The van der Waals surface area contributed by atoms with Gasteiger partial charge in [-0.2, -0.15) is 0 Å². The maximum atomic E-state index is 10.5. The van der Waals surface area contributed by atoms with Crippen molar-refractivity contribution >= 4 is 5.91 Å². The molecule has 0 spiro atoms. The average Bonchev–Trinajstić information content (AvgIpc) is 1.85. The molecule has 0 saturated heterocycles. The summed E-state index contributed by atoms with van der Waals surface area (Å²) in [5.74, 6) is -0.153. The number of carbonyl (C=O) groups is 1. The van der Waals surface area contributed by atoms with E-state index in [4.69, 9.17) is 0 Å². The summed E-state index contributed by atoms with van der Waals surface area (Å²) in [6.45, 7) is 2.72. The highest BCUT2D eigenvalue weighted by molar-refractivity contribution is 5.76. The highest BCUT2D eigenvalue weighted by Gasteiger charge is 1.94. The highest BCUT2D eigenvalue weighted by atomic mass is 16.5. The van der Waals surface area contributed by atoms with Gasteiger partial charge < -0.3 is 4.74 Å². The summed E-state index contributed by atoms with van der Waals surface area (Å²) in [7, 11) is 1.48. The molecule has 2 N–H and O–H groups in total. The van der Waals surface area contributed by atoms with Crippen LogP contribution in [0, 0.1) is 0 Å². The largest absolute Gasteiger partial charge is 0.375 e. The first-order valence-corrected chi connectivity index (χ1v) is 2.82. The molecular formula is C5H12N2O2. The summed E-state index contributed by atoms with van der Waals surface area (Å²) >= 11 is 0. The fourth-order valence-corrected chi connectivity index (χ4v) is 0.354. The molecule has 0 saturated carbocycles. The number of methoxy groups -OCH3 is 1. The van der Waals surface area contributed by atoms with Gasteiger partial charge in [-0.15, -0.1) is 0 Å². The molecule has 0 unspecified atom stereocenters. The second-order valence-electron chi connectivity index (χ2n) is 1.51. The first kappa shape index (κ1) is 8.39. The van der Waals surface area contributed by atoms with Crippen molar-refractivity contribution in [3.05, 3.63) is 0 Å². The summed E-state index contributed by atoms with van der Waals surface area (Å²) < 4.78 is 4.55. The molecule has 0 bridgehead atoms. The Hall–Kier alpha value is -0.610. The van der Waals surface area contributed by atoms with Crippen LogP contribution in [0.3, 0.4) is 0 Å². The molecule has 1 amide bonds. The summed E-state index contributed by atoms with van der Waals surface area (Å²) in [6, 6.07) is 0. The van der Waals surface area contributed by atoms with Crippen LogP contribution < -0.4 is 10.9 Å². The predicted octanol–water partition coefficient (Wildman–Crippen LogP) is -0.726. The molecule has 0 aliphatic rings. The first-order valence-electron chi connectivity index (χ1n) is 2.82. The minimum atomic E-state index is -0.153. The van der Waals surface area contributed by atoms with E-state index in [1.165, 1.54) is 7.11 Å². The number of hydrogen-bond donors (Lipinski definition) is 2. The van der Waals surface area contributed by atoms with Crippen LogP contribution >= 0.6 is 0 Å². The van der Waals surface area contributed by atoms with E-state index in [1.54, 1.807) is 0 Å². The van der Waals surface area contributed by atoms with Crippen LogP contribution in [0.4, 0.5) is 0 Å². The van der Waals surface area contributed by atoms with E-state index < -0.39 is 0 Å². The third-order valence-corrected chi connectivity index (χ3v) is 0.680. The third-order valence-electron chi connectivity index (χ3n) is 0.680. The molecule has 0 aromatic rings. The van der Waals surface area contributed by atoms with E-state index in [0.29, 0.717) is 0 Å². The van der Waals surface area contributed by atoms with Gasteiger partial charge in [-0.3, -0.25) is 10.2 Å². The highest BCUT2D eigenvalue weighted by Crippen LogP contribution is 1.64. The van der Waals surface area contributed by atoms with Crippen LogP contribution in [-0.2, 0) is 9.53 Å². The zero-order valence-corrected chi connectivity index (χ0v) is 5.73. The zero-order valence-electron chi connectivity index (χ0n) is 5.73. The van der Waals surface area contributed by atoms with Crippen LogP contribution in [0.25, 0.3) is 0 Å². The lowest BCUT2D eigenvalue weighted by atomic mass is 10.7. The molecular weight excluding hydrogens is 120 g/mol. The van der Waals surface area contributed by atoms with Gasteiger partial charge in [-0.1, -0.05) is 6.92 Å². The van der Waals surface area contributed by atoms with Gasteiger partial charge in [0.1, 0.15) is 6.61 Å². The molecule has 0 radical (unpaired) electrons. The minimum Gasteiger partial charge on any atom is -0.375 e. The van der Waals surface area contributed by atoms with E-state index in [2.05, 4.69) is 15.6 Å². The van der Waals surface area contributed by atoms with Crippen molar-refractivity contribution < 1.29 is 9.53 Å². The Bertz CT molecular complexity index is 85.0. The number of ether oxygens (including phenoxy) is 1. The van der Waals surface area contributed by atoms with Crippen molar-refractivity contribution in [3.63, 3.8) is 0 Å². The van der Waals surface area contributed by atoms with Crippen LogP contribution in [0.15, 0.2) is 0 Å². The van der Waals surface area contributed by atoms with Crippen LogP contribution in [0.5, 0.6) is 0 Å². The van der Waals surface area contributed by atoms with E-state index in [-0.39, 0.29) is 12.5 Å². The monoisotopic (exact) mass is 132 g/mol. The molecule has 54 valence electrons. The SMILES string of the molecule is CCNNC(=O)COC. The molecule has 0 heterocycles. The number of rotatable bonds is 4. The van der Waals surface area contributed by atoms with Gasteiger partial charge in [0.2, 0.25) is 0 Å². The number of amides is 1. The molecule has 0 fully saturated rings. The van der Waals surface area contributed by atoms with Crippen molar-refractivity contribution in [2.24, 2.45) is 0 Å². The maximum Gasteiger partial charge on any atom is 0.260 e. The summed E-state index contributed by atoms with van der Waals surface area (Å²) in [5, 5.41) is 0. The molecule has 0 aromatic carbocycles. The van der Waals surface area contributed by atoms with Crippen LogP contribution in [-0.4, -0.2) is 26.2 Å². The van der Waals surface area contributed by atoms with Crippen molar-refractivity contribution in [2.75, 3.05) is 20.3 Å². The molecule has 0 atom stereocenters. The lowest BCUT2D eigenvalue weighted by molar-refractivity contribution is -0.125. The average molecular weight is 132 g/mol. The molecule has 0 aliphatic carbocycles. The second-order valence-corrected chi connectivity index (χ2v) is 1.51. The smallest absolute Gasteiger partial charge is 0.260 e. The van der Waals surface area contributed by atoms with Crippen molar-refractivity contribution in [2.45, 2.75) is 6.92 Å². The van der Waals surface area contributed by atoms with Gasteiger partial charge in [0, 0.05) is 13.7 Å². The number of carbonyl (C=O) groups excluding carboxylic acids is 1. The first-order chi connectivity index (χ1) is 4.31. The summed E-state index contributed by atoms with van der Waals surface area (Å²) in [6.07, 6.45) is 0. The topological polar surface area (TPSA) is 50.4 Å². The molecule has 0 aliphatic heterocycles. The Morgan fingerprint density at radius 1 is 1.67 bits per heavy atom. The summed E-state index contributed by atoms with van der Waals surface area (Å²) in [5.41, 5.74) is 5.07. The Labute approximate surface area is 54.5 Å². The van der Waals surface area contributed by atoms with E-state index in [1.807, 2.05) is 6.92 Å². The normalized spacial score (nSPS) is 9.11. The molecule has 0 rings (SSSR count). The van der Waals surface area contributed by atoms with Crippen LogP contribution in [0.2, 0.25) is 0 Å². The fraction of sp³-hybridized carbons (Fsp3) is 0.800. The van der Waals surface area contributed by atoms with Gasteiger partial charge >= 0.3 is 0 Å². The number of hydrazine groups is 1. The summed E-state index contributed by atoms with van der Waals surface area (Å²) in [4.78, 5) is 10.5. The van der Waals surface area contributed by atoms with Crippen molar-refractivity contribution in [1.29, 1.82) is 0 Å². The zero-order chi connectivity index (χ0) is 7.11. The molecule has 9 heavy (non-hydrogen) atoms. The fourth-order valence-electron chi connectivity index (χ4n) is 0.354. The van der Waals surface area contributed by atoms with E-state index in [9.17, 15) is 4.79 Å². The maximum absolute atomic E-state index is 10.5. The predicted molar refractivity (Wildman–Crippen MR) is 33.7 cm³/mol. The van der Waals surface area contributed by atoms with Crippen LogP contribution in [0.1, 0.15) is 6.92 Å². The molecule has 0 aromatic heterocycles. The molecule has 4 heteroatoms. The lowest BCUT2D eigenvalue weighted by Gasteiger charge is -2.01. The van der Waals surface area contributed by atoms with Crippen molar-refractivity contribution in [3.8, 4) is 0 Å². The molecule has 4 nitrogen and oxygen atoms in total. The standard InChI is InChI=1S/C5H12N2O2/c1-3-6-7-5(8)4-9-2/h6H,3-4H2,1-2H3,(H,7,8). The van der Waals surface area contributed by atoms with Gasteiger partial charge in [-0.25, -0.2) is 5.43 Å². The Balaban J connectivity index is 3.06. The van der Waals surface area contributed by atoms with Gasteiger partial charge in [0.15, 0.2) is 0 Å². The third kappa shape index (κ3) is 5.26. The quantitative estimate of drug-likeness (QED) is 0.496. The minimum absolute atomic E-state index is 0.104. The second kappa shape index (κ2) is 5.53. The van der Waals surface area contributed by atoms with Gasteiger partial charge in [0.25, 0.3) is 5.91 Å². The Kier molecular flexibility index (Phi) is 5.15. The lowest BCUT2D eigenvalue weighted by Crippen LogP contribution is -2.39. The Morgan fingerprint density at radius 2 is 2.33 bits per heavy atom. The van der Waals surface area contributed by atoms with Gasteiger partial charge in [-0.05, 0) is 0 Å². The number of hydrogen-bond acceptors (Lipinski definition) is 3.